The molecule has 0 aliphatic rings. The van der Waals surface area contributed by atoms with Crippen LogP contribution < -0.4 is 62.2 Å². The van der Waals surface area contributed by atoms with Crippen molar-refractivity contribution in [1.82, 2.24) is 0 Å². The first-order valence-corrected chi connectivity index (χ1v) is 2.06. The van der Waals surface area contributed by atoms with Gasteiger partial charge in [-0.3, -0.25) is 9.59 Å². The molecule has 0 bridgehead atoms. The minimum atomic E-state index is -1.88. The van der Waals surface area contributed by atoms with Crippen LogP contribution in [-0.4, -0.2) is 17.7 Å². The summed E-state index contributed by atoms with van der Waals surface area (Å²) in [4.78, 5) is 29.4. The van der Waals surface area contributed by atoms with Crippen LogP contribution in [0, 0.1) is 0 Å². The van der Waals surface area contributed by atoms with Gasteiger partial charge in [0.1, 0.15) is 5.97 Å². The van der Waals surface area contributed by atoms with E-state index in [0.29, 0.717) is 0 Å². The first kappa shape index (κ1) is 12.9. The fraction of sp³-hybridized carbons (Fsp3) is 0.250. The van der Waals surface area contributed by atoms with Gasteiger partial charge in [0, 0.05) is 0 Å². The number of amides is 1. The largest absolute Gasteiger partial charge is 1.00 e. The molecule has 50 valence electrons. The van der Waals surface area contributed by atoms with Crippen LogP contribution in [0.4, 0.5) is 0 Å². The Labute approximate surface area is 99.4 Å². The standard InChI is InChI=1S/C4H5NO4.K/c5-3(7)1-2(6)4(8)9;/h1H2,(H2,5,7)(H,8,9);/q;+1/p-1. The second-order valence-electron chi connectivity index (χ2n) is 1.35. The number of hydrogen-bond acceptors (Lipinski definition) is 4. The molecule has 2 N–H and O–H groups in total. The Morgan fingerprint density at radius 2 is 1.70 bits per heavy atom. The average molecular weight is 169 g/mol. The molecule has 0 atom stereocenters. The summed E-state index contributed by atoms with van der Waals surface area (Å²) < 4.78 is 0. The zero-order valence-corrected chi connectivity index (χ0v) is 8.54. The summed E-state index contributed by atoms with van der Waals surface area (Å²) in [7, 11) is 0. The summed E-state index contributed by atoms with van der Waals surface area (Å²) in [5.74, 6) is -4.14. The third kappa shape index (κ3) is 6.37. The van der Waals surface area contributed by atoms with Gasteiger partial charge < -0.3 is 15.6 Å². The van der Waals surface area contributed by atoms with Crippen LogP contribution in [0.1, 0.15) is 6.42 Å². The minimum Gasteiger partial charge on any atom is -0.542 e. The quantitative estimate of drug-likeness (QED) is 0.258. The van der Waals surface area contributed by atoms with E-state index in [0.717, 1.165) is 0 Å². The van der Waals surface area contributed by atoms with E-state index in [9.17, 15) is 19.5 Å². The molecule has 6 heteroatoms. The smallest absolute Gasteiger partial charge is 0.542 e. The van der Waals surface area contributed by atoms with Crippen LogP contribution >= 0.6 is 0 Å². The van der Waals surface area contributed by atoms with Crippen LogP contribution in [0.2, 0.25) is 0 Å². The van der Waals surface area contributed by atoms with Crippen molar-refractivity contribution in [2.75, 3.05) is 0 Å². The molecule has 0 spiro atoms. The number of rotatable bonds is 3. The van der Waals surface area contributed by atoms with E-state index in [1.807, 2.05) is 0 Å². The first-order valence-electron chi connectivity index (χ1n) is 2.06. The van der Waals surface area contributed by atoms with Gasteiger partial charge in [0.05, 0.1) is 6.42 Å². The fourth-order valence-corrected chi connectivity index (χ4v) is 0.230. The molecule has 1 amide bonds. The van der Waals surface area contributed by atoms with Crippen LogP contribution in [0.25, 0.3) is 0 Å². The van der Waals surface area contributed by atoms with Gasteiger partial charge in [0.2, 0.25) is 5.91 Å². The fourth-order valence-electron chi connectivity index (χ4n) is 0.230. The van der Waals surface area contributed by atoms with Gasteiger partial charge in [0.15, 0.2) is 5.78 Å². The summed E-state index contributed by atoms with van der Waals surface area (Å²) in [6.07, 6.45) is -0.789. The molecule has 0 aliphatic heterocycles. The Hall–Kier alpha value is 0.246. The Balaban J connectivity index is 0. The topological polar surface area (TPSA) is 100 Å². The monoisotopic (exact) mass is 169 g/mol. The number of carbonyl (C=O) groups is 3. The van der Waals surface area contributed by atoms with E-state index in [4.69, 9.17) is 0 Å². The normalized spacial score (nSPS) is 7.60. The number of carboxylic acid groups (broad SMARTS) is 1. The van der Waals surface area contributed by atoms with Crippen molar-refractivity contribution < 1.29 is 70.9 Å². The van der Waals surface area contributed by atoms with Gasteiger partial charge in [0.25, 0.3) is 0 Å². The third-order valence-corrected chi connectivity index (χ3v) is 0.562. The maximum Gasteiger partial charge on any atom is 1.00 e. The van der Waals surface area contributed by atoms with E-state index in [1.54, 1.807) is 0 Å². The summed E-state index contributed by atoms with van der Waals surface area (Å²) >= 11 is 0. The molecule has 0 heterocycles. The first-order chi connectivity index (χ1) is 4.04. The van der Waals surface area contributed by atoms with Gasteiger partial charge in [-0.2, -0.15) is 0 Å². The predicted octanol–water partition coefficient (Wildman–Crippen LogP) is -5.82. The number of carbonyl (C=O) groups excluding carboxylic acids is 3. The molecule has 0 radical (unpaired) electrons. The van der Waals surface area contributed by atoms with Crippen molar-refractivity contribution >= 4 is 17.7 Å². The van der Waals surface area contributed by atoms with E-state index < -0.39 is 24.1 Å². The van der Waals surface area contributed by atoms with Gasteiger partial charge in [-0.1, -0.05) is 0 Å². The maximum absolute atomic E-state index is 9.99. The molecule has 0 aromatic heterocycles. The molecule has 0 fully saturated rings. The third-order valence-electron chi connectivity index (χ3n) is 0.562. The van der Waals surface area contributed by atoms with Gasteiger partial charge in [-0.15, -0.1) is 0 Å². The van der Waals surface area contributed by atoms with Crippen LogP contribution in [-0.2, 0) is 14.4 Å². The molecule has 0 aliphatic carbocycles. The van der Waals surface area contributed by atoms with Crippen LogP contribution in [0.15, 0.2) is 0 Å². The van der Waals surface area contributed by atoms with Crippen molar-refractivity contribution in [3.8, 4) is 0 Å². The number of ketones is 1. The van der Waals surface area contributed by atoms with Crippen molar-refractivity contribution in [2.45, 2.75) is 6.42 Å². The molecule has 0 aromatic carbocycles. The van der Waals surface area contributed by atoms with E-state index in [2.05, 4.69) is 5.73 Å². The Bertz CT molecular complexity index is 167. The minimum absolute atomic E-state index is 0. The van der Waals surface area contributed by atoms with E-state index in [-0.39, 0.29) is 51.4 Å². The van der Waals surface area contributed by atoms with Crippen LogP contribution in [0.5, 0.6) is 0 Å². The second-order valence-corrected chi connectivity index (χ2v) is 1.35. The zero-order valence-electron chi connectivity index (χ0n) is 5.42. The van der Waals surface area contributed by atoms with E-state index >= 15 is 0 Å². The zero-order chi connectivity index (χ0) is 7.44. The maximum atomic E-state index is 9.99. The molecule has 0 saturated heterocycles. The second kappa shape index (κ2) is 5.99. The van der Waals surface area contributed by atoms with Crippen molar-refractivity contribution in [2.24, 2.45) is 5.73 Å². The summed E-state index contributed by atoms with van der Waals surface area (Å²) in [6.45, 7) is 0. The van der Waals surface area contributed by atoms with Gasteiger partial charge >= 0.3 is 51.4 Å². The molecule has 5 nitrogen and oxygen atoms in total. The number of nitrogens with two attached hydrogens (primary N) is 1. The predicted molar refractivity (Wildman–Crippen MR) is 23.8 cm³/mol. The number of carboxylic acids is 1. The van der Waals surface area contributed by atoms with Gasteiger partial charge in [-0.25, -0.2) is 0 Å². The van der Waals surface area contributed by atoms with Gasteiger partial charge in [-0.05, 0) is 0 Å². The number of Topliss-reactive ketones (excluding diaryl/α,β-unsaturated/α-hetero) is 1. The molecule has 10 heavy (non-hydrogen) atoms. The molecule has 0 unspecified atom stereocenters. The average Bonchev–Trinajstić information content (AvgIpc) is 1.63. The van der Waals surface area contributed by atoms with Crippen molar-refractivity contribution in [1.29, 1.82) is 0 Å². The van der Waals surface area contributed by atoms with Crippen molar-refractivity contribution in [3.05, 3.63) is 0 Å². The molecule has 0 saturated carbocycles. The number of hydrogen-bond donors (Lipinski definition) is 1. The molecule has 0 rings (SSSR count). The number of aliphatic carboxylic acids is 1. The Morgan fingerprint density at radius 1 is 1.30 bits per heavy atom. The Kier molecular flexibility index (Phi) is 7.72. The van der Waals surface area contributed by atoms with E-state index in [1.165, 1.54) is 0 Å². The SMILES string of the molecule is NC(=O)CC(=O)C(=O)[O-].[K+]. The van der Waals surface area contributed by atoms with Crippen molar-refractivity contribution in [3.63, 3.8) is 0 Å². The summed E-state index contributed by atoms with van der Waals surface area (Å²) in [6, 6.07) is 0. The summed E-state index contributed by atoms with van der Waals surface area (Å²) in [5.41, 5.74) is 4.48. The number of primary amides is 1. The Morgan fingerprint density at radius 3 is 1.80 bits per heavy atom. The molecular formula is C4H4KNO4. The van der Waals surface area contributed by atoms with Crippen LogP contribution in [0.3, 0.4) is 0 Å². The molecule has 0 aromatic rings. The molecular weight excluding hydrogens is 165 g/mol. The summed E-state index contributed by atoms with van der Waals surface area (Å²) in [5, 5.41) is 9.57.